The minimum absolute atomic E-state index is 0.154. The summed E-state index contributed by atoms with van der Waals surface area (Å²) in [5.41, 5.74) is 6.92. The number of imidazole rings is 1. The van der Waals surface area contributed by atoms with E-state index in [2.05, 4.69) is 4.98 Å². The largest absolute Gasteiger partial charge is 0.478 e. The highest BCUT2D eigenvalue weighted by Gasteiger charge is 2.20. The first-order valence-electron chi connectivity index (χ1n) is 6.84. The zero-order valence-electron chi connectivity index (χ0n) is 12.3. The van der Waals surface area contributed by atoms with Crippen LogP contribution in [-0.4, -0.2) is 26.5 Å². The Morgan fingerprint density at radius 2 is 2.00 bits per heavy atom. The predicted molar refractivity (Wildman–Crippen MR) is 79.3 cm³/mol. The molecule has 1 aromatic carbocycles. The summed E-state index contributed by atoms with van der Waals surface area (Å²) in [7, 11) is 0. The van der Waals surface area contributed by atoms with E-state index in [-0.39, 0.29) is 23.9 Å². The summed E-state index contributed by atoms with van der Waals surface area (Å²) < 4.78 is 1.91. The van der Waals surface area contributed by atoms with E-state index >= 15 is 0 Å². The number of rotatable bonds is 5. The van der Waals surface area contributed by atoms with Crippen molar-refractivity contribution in [2.24, 2.45) is 5.73 Å². The van der Waals surface area contributed by atoms with Gasteiger partial charge in [0.25, 0.3) is 0 Å². The maximum absolute atomic E-state index is 11.2. The van der Waals surface area contributed by atoms with Gasteiger partial charge in [0, 0.05) is 18.4 Å². The molecule has 0 spiro atoms. The number of aromatic nitrogens is 2. The number of amides is 1. The second kappa shape index (κ2) is 5.55. The van der Waals surface area contributed by atoms with Crippen molar-refractivity contribution in [3.8, 4) is 0 Å². The second-order valence-corrected chi connectivity index (χ2v) is 5.52. The molecule has 112 valence electrons. The number of nitrogens with two attached hydrogens (primary N) is 1. The average molecular weight is 289 g/mol. The average Bonchev–Trinajstić information content (AvgIpc) is 2.76. The summed E-state index contributed by atoms with van der Waals surface area (Å²) in [4.78, 5) is 26.9. The molecular formula is C15H19N3O3. The summed E-state index contributed by atoms with van der Waals surface area (Å²) in [6, 6.07) is 4.64. The molecule has 0 bridgehead atoms. The van der Waals surface area contributed by atoms with Crippen LogP contribution in [0, 0.1) is 0 Å². The van der Waals surface area contributed by atoms with Gasteiger partial charge in [-0.05, 0) is 25.1 Å². The highest BCUT2D eigenvalue weighted by atomic mass is 16.4. The smallest absolute Gasteiger partial charge is 0.335 e. The molecule has 0 aliphatic carbocycles. The standard InChI is InChI=1S/C15H19N3O3/c1-8(2)14-17-11-5-4-10(15(20)21)7-12(11)18(14)9(3)6-13(16)19/h4-5,7-9H,6H2,1-3H3,(H2,16,19)(H,20,21). The van der Waals surface area contributed by atoms with E-state index in [1.807, 2.05) is 25.3 Å². The summed E-state index contributed by atoms with van der Waals surface area (Å²) in [6.07, 6.45) is 0.183. The fourth-order valence-electron chi connectivity index (χ4n) is 2.50. The van der Waals surface area contributed by atoms with Crippen molar-refractivity contribution in [2.45, 2.75) is 39.2 Å². The molecule has 0 aliphatic heterocycles. The molecule has 6 heteroatoms. The van der Waals surface area contributed by atoms with Crippen molar-refractivity contribution in [3.63, 3.8) is 0 Å². The molecule has 0 aliphatic rings. The highest BCUT2D eigenvalue weighted by molar-refractivity contribution is 5.92. The highest BCUT2D eigenvalue weighted by Crippen LogP contribution is 2.28. The molecular weight excluding hydrogens is 270 g/mol. The van der Waals surface area contributed by atoms with Gasteiger partial charge in [0.2, 0.25) is 5.91 Å². The summed E-state index contributed by atoms with van der Waals surface area (Å²) in [5, 5.41) is 9.13. The van der Waals surface area contributed by atoms with Crippen LogP contribution >= 0.6 is 0 Å². The van der Waals surface area contributed by atoms with Gasteiger partial charge < -0.3 is 15.4 Å². The number of aromatic carboxylic acids is 1. The van der Waals surface area contributed by atoms with E-state index in [4.69, 9.17) is 10.8 Å². The van der Waals surface area contributed by atoms with Crippen LogP contribution in [0.3, 0.4) is 0 Å². The van der Waals surface area contributed by atoms with Crippen LogP contribution in [0.2, 0.25) is 0 Å². The number of hydrogen-bond donors (Lipinski definition) is 2. The van der Waals surface area contributed by atoms with Crippen LogP contribution in [-0.2, 0) is 4.79 Å². The van der Waals surface area contributed by atoms with Gasteiger partial charge >= 0.3 is 5.97 Å². The van der Waals surface area contributed by atoms with Gasteiger partial charge in [-0.25, -0.2) is 9.78 Å². The lowest BCUT2D eigenvalue weighted by molar-refractivity contribution is -0.118. The number of carbonyl (C=O) groups excluding carboxylic acids is 1. The number of carboxylic acid groups (broad SMARTS) is 1. The van der Waals surface area contributed by atoms with Crippen LogP contribution < -0.4 is 5.73 Å². The number of primary amides is 1. The van der Waals surface area contributed by atoms with Gasteiger partial charge in [-0.1, -0.05) is 13.8 Å². The third-order valence-electron chi connectivity index (χ3n) is 3.42. The van der Waals surface area contributed by atoms with Crippen molar-refractivity contribution in [3.05, 3.63) is 29.6 Å². The fourth-order valence-corrected chi connectivity index (χ4v) is 2.50. The van der Waals surface area contributed by atoms with E-state index in [0.29, 0.717) is 5.52 Å². The van der Waals surface area contributed by atoms with Crippen LogP contribution in [0.15, 0.2) is 18.2 Å². The Labute approximate surface area is 122 Å². The monoisotopic (exact) mass is 289 g/mol. The normalized spacial score (nSPS) is 12.8. The molecule has 2 aromatic rings. The molecule has 0 fully saturated rings. The Kier molecular flexibility index (Phi) is 3.97. The predicted octanol–water partition coefficient (Wildman–Crippen LogP) is 2.29. The Morgan fingerprint density at radius 3 is 2.52 bits per heavy atom. The van der Waals surface area contributed by atoms with E-state index in [1.54, 1.807) is 12.1 Å². The maximum Gasteiger partial charge on any atom is 0.335 e. The third kappa shape index (κ3) is 2.89. The van der Waals surface area contributed by atoms with E-state index in [1.165, 1.54) is 6.07 Å². The first-order chi connectivity index (χ1) is 9.81. The molecule has 0 radical (unpaired) electrons. The lowest BCUT2D eigenvalue weighted by atomic mass is 10.1. The molecule has 0 saturated carbocycles. The third-order valence-corrected chi connectivity index (χ3v) is 3.42. The molecule has 1 atom stereocenters. The lowest BCUT2D eigenvalue weighted by Crippen LogP contribution is -2.19. The molecule has 3 N–H and O–H groups in total. The second-order valence-electron chi connectivity index (χ2n) is 5.52. The molecule has 1 unspecified atom stereocenters. The van der Waals surface area contributed by atoms with Gasteiger partial charge in [0.05, 0.1) is 16.6 Å². The van der Waals surface area contributed by atoms with Gasteiger partial charge in [-0.15, -0.1) is 0 Å². The van der Waals surface area contributed by atoms with Crippen molar-refractivity contribution in [1.82, 2.24) is 9.55 Å². The Bertz CT molecular complexity index is 703. The zero-order chi connectivity index (χ0) is 15.7. The van der Waals surface area contributed by atoms with Gasteiger partial charge in [0.15, 0.2) is 0 Å². The molecule has 1 amide bonds. The molecule has 1 aromatic heterocycles. The first kappa shape index (κ1) is 15.0. The van der Waals surface area contributed by atoms with Crippen molar-refractivity contribution in [2.75, 3.05) is 0 Å². The molecule has 2 rings (SSSR count). The van der Waals surface area contributed by atoms with Crippen LogP contribution in [0.25, 0.3) is 11.0 Å². The molecule has 1 heterocycles. The Morgan fingerprint density at radius 1 is 1.33 bits per heavy atom. The van der Waals surface area contributed by atoms with Crippen LogP contribution in [0.5, 0.6) is 0 Å². The number of benzene rings is 1. The quantitative estimate of drug-likeness (QED) is 0.882. The maximum atomic E-state index is 11.2. The molecule has 21 heavy (non-hydrogen) atoms. The van der Waals surface area contributed by atoms with E-state index in [0.717, 1.165) is 11.3 Å². The minimum atomic E-state index is -0.988. The first-order valence-corrected chi connectivity index (χ1v) is 6.84. The fraction of sp³-hybridized carbons (Fsp3) is 0.400. The van der Waals surface area contributed by atoms with Crippen molar-refractivity contribution < 1.29 is 14.7 Å². The minimum Gasteiger partial charge on any atom is -0.478 e. The summed E-state index contributed by atoms with van der Waals surface area (Å²) in [6.45, 7) is 5.89. The number of fused-ring (bicyclic) bond motifs is 1. The SMILES string of the molecule is CC(C)c1nc2ccc(C(=O)O)cc2n1C(C)CC(N)=O. The Hall–Kier alpha value is -2.37. The topological polar surface area (TPSA) is 98.2 Å². The summed E-state index contributed by atoms with van der Waals surface area (Å²) >= 11 is 0. The van der Waals surface area contributed by atoms with Gasteiger partial charge in [0.1, 0.15) is 5.82 Å². The van der Waals surface area contributed by atoms with Gasteiger partial charge in [-0.2, -0.15) is 0 Å². The van der Waals surface area contributed by atoms with Crippen molar-refractivity contribution >= 4 is 22.9 Å². The summed E-state index contributed by atoms with van der Waals surface area (Å²) in [5.74, 6) is -0.408. The Balaban J connectivity index is 2.67. The number of carbonyl (C=O) groups is 2. The lowest BCUT2D eigenvalue weighted by Gasteiger charge is -2.18. The number of carboxylic acids is 1. The molecule has 0 saturated heterocycles. The van der Waals surface area contributed by atoms with Crippen molar-refractivity contribution in [1.29, 1.82) is 0 Å². The van der Waals surface area contributed by atoms with Gasteiger partial charge in [-0.3, -0.25) is 4.79 Å². The number of nitrogens with zero attached hydrogens (tertiary/aromatic N) is 2. The number of hydrogen-bond acceptors (Lipinski definition) is 3. The molecule has 6 nitrogen and oxygen atoms in total. The van der Waals surface area contributed by atoms with E-state index < -0.39 is 11.9 Å². The van der Waals surface area contributed by atoms with E-state index in [9.17, 15) is 9.59 Å². The van der Waals surface area contributed by atoms with Crippen LogP contribution in [0.1, 0.15) is 55.3 Å². The van der Waals surface area contributed by atoms with Crippen LogP contribution in [0.4, 0.5) is 0 Å². The zero-order valence-corrected chi connectivity index (χ0v) is 12.3.